The third-order valence-electron chi connectivity index (χ3n) is 3.27. The van der Waals surface area contributed by atoms with Crippen LogP contribution < -0.4 is 0 Å². The maximum absolute atomic E-state index is 10.1. The molecule has 0 heterocycles. The summed E-state index contributed by atoms with van der Waals surface area (Å²) in [7, 11) is 0. The summed E-state index contributed by atoms with van der Waals surface area (Å²) >= 11 is 3.29. The van der Waals surface area contributed by atoms with Crippen LogP contribution in [-0.4, -0.2) is 10.2 Å². The van der Waals surface area contributed by atoms with E-state index in [1.54, 1.807) is 12.1 Å². The number of benzene rings is 2. The number of phenols is 2. The molecule has 0 aliphatic heterocycles. The van der Waals surface area contributed by atoms with Gasteiger partial charge in [-0.15, -0.1) is 0 Å². The Labute approximate surface area is 139 Å². The van der Waals surface area contributed by atoms with Crippen LogP contribution in [0.15, 0.2) is 52.5 Å². The zero-order chi connectivity index (χ0) is 16.1. The van der Waals surface area contributed by atoms with E-state index in [0.717, 1.165) is 23.1 Å². The average Bonchev–Trinajstić information content (AvgIpc) is 2.47. The van der Waals surface area contributed by atoms with Gasteiger partial charge in [0, 0.05) is 5.56 Å². The molecule has 0 spiro atoms. The first-order valence-corrected chi connectivity index (χ1v) is 7.87. The summed E-state index contributed by atoms with van der Waals surface area (Å²) in [6.45, 7) is 4.12. The fourth-order valence-corrected chi connectivity index (χ4v) is 2.39. The molecule has 2 rings (SSSR count). The molecular weight excluding hydrogens is 340 g/mol. The maximum atomic E-state index is 10.1. The molecule has 0 saturated carbocycles. The SMILES string of the molecule is CC(C)=CCc1ccc(/C=C/c2ccc(O)c(Br)c2)c(O)c1. The van der Waals surface area contributed by atoms with E-state index in [1.165, 1.54) is 5.57 Å². The second-order valence-electron chi connectivity index (χ2n) is 5.42. The van der Waals surface area contributed by atoms with Crippen molar-refractivity contribution in [1.29, 1.82) is 0 Å². The largest absolute Gasteiger partial charge is 0.507 e. The van der Waals surface area contributed by atoms with Crippen molar-refractivity contribution in [1.82, 2.24) is 0 Å². The highest BCUT2D eigenvalue weighted by atomic mass is 79.9. The van der Waals surface area contributed by atoms with E-state index in [-0.39, 0.29) is 11.5 Å². The molecule has 0 aliphatic carbocycles. The minimum Gasteiger partial charge on any atom is -0.507 e. The fraction of sp³-hybridized carbons (Fsp3) is 0.158. The summed E-state index contributed by atoms with van der Waals surface area (Å²) in [4.78, 5) is 0. The zero-order valence-corrected chi connectivity index (χ0v) is 14.3. The van der Waals surface area contributed by atoms with E-state index in [1.807, 2.05) is 36.4 Å². The summed E-state index contributed by atoms with van der Waals surface area (Å²) in [5.74, 6) is 0.484. The van der Waals surface area contributed by atoms with Gasteiger partial charge in [0.05, 0.1) is 4.47 Å². The highest BCUT2D eigenvalue weighted by molar-refractivity contribution is 9.10. The Morgan fingerprint density at radius 2 is 1.77 bits per heavy atom. The van der Waals surface area contributed by atoms with Gasteiger partial charge in [-0.05, 0) is 65.5 Å². The Hall–Kier alpha value is -2.00. The molecule has 22 heavy (non-hydrogen) atoms. The van der Waals surface area contributed by atoms with Crippen molar-refractivity contribution in [3.05, 3.63) is 69.2 Å². The van der Waals surface area contributed by atoms with Crippen LogP contribution in [0.1, 0.15) is 30.5 Å². The number of phenolic OH excluding ortho intramolecular Hbond substituents is 2. The van der Waals surface area contributed by atoms with E-state index < -0.39 is 0 Å². The summed E-state index contributed by atoms with van der Waals surface area (Å²) in [6, 6.07) is 11.0. The number of rotatable bonds is 4. The molecule has 0 aliphatic rings. The Balaban J connectivity index is 2.17. The Bertz CT molecular complexity index is 726. The van der Waals surface area contributed by atoms with Crippen LogP contribution >= 0.6 is 15.9 Å². The minimum absolute atomic E-state index is 0.212. The average molecular weight is 359 g/mol. The van der Waals surface area contributed by atoms with Crippen molar-refractivity contribution in [2.75, 3.05) is 0 Å². The van der Waals surface area contributed by atoms with E-state index >= 15 is 0 Å². The molecule has 0 saturated heterocycles. The molecule has 2 aromatic carbocycles. The lowest BCUT2D eigenvalue weighted by Gasteiger charge is -2.03. The third kappa shape index (κ3) is 4.50. The van der Waals surface area contributed by atoms with Gasteiger partial charge in [-0.3, -0.25) is 0 Å². The molecule has 0 amide bonds. The normalized spacial score (nSPS) is 10.9. The predicted octanol–water partition coefficient (Wildman–Crippen LogP) is 5.54. The smallest absolute Gasteiger partial charge is 0.129 e. The van der Waals surface area contributed by atoms with Crippen molar-refractivity contribution in [2.45, 2.75) is 20.3 Å². The molecule has 2 N–H and O–H groups in total. The van der Waals surface area contributed by atoms with Crippen molar-refractivity contribution in [3.8, 4) is 11.5 Å². The topological polar surface area (TPSA) is 40.5 Å². The Morgan fingerprint density at radius 3 is 2.41 bits per heavy atom. The van der Waals surface area contributed by atoms with Gasteiger partial charge in [-0.25, -0.2) is 0 Å². The molecule has 2 nitrogen and oxygen atoms in total. The lowest BCUT2D eigenvalue weighted by atomic mass is 10.1. The molecule has 0 fully saturated rings. The predicted molar refractivity (Wildman–Crippen MR) is 96.0 cm³/mol. The highest BCUT2D eigenvalue weighted by Crippen LogP contribution is 2.26. The van der Waals surface area contributed by atoms with E-state index in [9.17, 15) is 10.2 Å². The van der Waals surface area contributed by atoms with Crippen molar-refractivity contribution >= 4 is 28.1 Å². The summed E-state index contributed by atoms with van der Waals surface area (Å²) in [5, 5.41) is 19.6. The Kier molecular flexibility index (Phi) is 5.45. The van der Waals surface area contributed by atoms with Gasteiger partial charge < -0.3 is 10.2 Å². The first kappa shape index (κ1) is 16.4. The van der Waals surface area contributed by atoms with Crippen LogP contribution in [0.5, 0.6) is 11.5 Å². The molecule has 3 heteroatoms. The minimum atomic E-state index is 0.212. The fourth-order valence-electron chi connectivity index (χ4n) is 1.99. The molecule has 0 atom stereocenters. The summed E-state index contributed by atoms with van der Waals surface area (Å²) in [6.07, 6.45) is 6.72. The van der Waals surface area contributed by atoms with Crippen molar-refractivity contribution in [2.24, 2.45) is 0 Å². The van der Waals surface area contributed by atoms with Crippen LogP contribution in [0, 0.1) is 0 Å². The molecular formula is C19H19BrO2. The lowest BCUT2D eigenvalue weighted by Crippen LogP contribution is -1.84. The number of hydrogen-bond donors (Lipinski definition) is 2. The Morgan fingerprint density at radius 1 is 1.00 bits per heavy atom. The number of hydrogen-bond acceptors (Lipinski definition) is 2. The summed E-state index contributed by atoms with van der Waals surface area (Å²) in [5.41, 5.74) is 4.06. The van der Waals surface area contributed by atoms with E-state index in [4.69, 9.17) is 0 Å². The van der Waals surface area contributed by atoms with Gasteiger partial charge in [0.25, 0.3) is 0 Å². The van der Waals surface area contributed by atoms with Crippen LogP contribution in [0.4, 0.5) is 0 Å². The van der Waals surface area contributed by atoms with E-state index in [2.05, 4.69) is 35.9 Å². The van der Waals surface area contributed by atoms with Gasteiger partial charge in [0.15, 0.2) is 0 Å². The maximum Gasteiger partial charge on any atom is 0.129 e. The van der Waals surface area contributed by atoms with Crippen molar-refractivity contribution in [3.63, 3.8) is 0 Å². The van der Waals surface area contributed by atoms with Crippen LogP contribution in [0.3, 0.4) is 0 Å². The molecule has 0 unspecified atom stereocenters. The summed E-state index contributed by atoms with van der Waals surface area (Å²) < 4.78 is 0.649. The molecule has 114 valence electrons. The monoisotopic (exact) mass is 358 g/mol. The molecule has 2 aromatic rings. The quantitative estimate of drug-likeness (QED) is 0.556. The van der Waals surface area contributed by atoms with Crippen LogP contribution in [0.25, 0.3) is 12.2 Å². The number of aromatic hydroxyl groups is 2. The van der Waals surface area contributed by atoms with E-state index in [0.29, 0.717) is 4.47 Å². The second kappa shape index (κ2) is 7.32. The van der Waals surface area contributed by atoms with Gasteiger partial charge in [0.2, 0.25) is 0 Å². The molecule has 0 aromatic heterocycles. The van der Waals surface area contributed by atoms with Crippen LogP contribution in [0.2, 0.25) is 0 Å². The van der Waals surface area contributed by atoms with Gasteiger partial charge >= 0.3 is 0 Å². The van der Waals surface area contributed by atoms with Crippen LogP contribution in [-0.2, 0) is 6.42 Å². The first-order chi connectivity index (χ1) is 10.5. The number of halogens is 1. The van der Waals surface area contributed by atoms with Gasteiger partial charge in [0.1, 0.15) is 11.5 Å². The highest BCUT2D eigenvalue weighted by Gasteiger charge is 2.01. The first-order valence-electron chi connectivity index (χ1n) is 7.07. The van der Waals surface area contributed by atoms with Gasteiger partial charge in [-0.2, -0.15) is 0 Å². The second-order valence-corrected chi connectivity index (χ2v) is 6.28. The zero-order valence-electron chi connectivity index (χ0n) is 12.7. The van der Waals surface area contributed by atoms with Crippen molar-refractivity contribution < 1.29 is 10.2 Å². The molecule has 0 radical (unpaired) electrons. The third-order valence-corrected chi connectivity index (χ3v) is 3.90. The van der Waals surface area contributed by atoms with Gasteiger partial charge in [-0.1, -0.05) is 42.0 Å². The molecule has 0 bridgehead atoms. The lowest BCUT2D eigenvalue weighted by molar-refractivity contribution is 0.471. The number of allylic oxidation sites excluding steroid dienone is 2. The standard InChI is InChI=1S/C19H19BrO2/c1-13(2)3-4-15-6-9-16(19(22)12-15)8-5-14-7-10-18(21)17(20)11-14/h3,5-12,21-22H,4H2,1-2H3/b8-5+.